The molecule has 0 bridgehead atoms. The van der Waals surface area contributed by atoms with Crippen molar-refractivity contribution in [2.75, 3.05) is 6.54 Å². The lowest BCUT2D eigenvalue weighted by Crippen LogP contribution is -2.36. The first kappa shape index (κ1) is 19.9. The van der Waals surface area contributed by atoms with Gasteiger partial charge in [-0.15, -0.1) is 0 Å². The van der Waals surface area contributed by atoms with Gasteiger partial charge in [-0.1, -0.05) is 30.7 Å². The summed E-state index contributed by atoms with van der Waals surface area (Å²) in [6, 6.07) is 13.6. The van der Waals surface area contributed by atoms with Gasteiger partial charge in [0.1, 0.15) is 0 Å². The fourth-order valence-corrected chi connectivity index (χ4v) is 4.87. The number of aromatic nitrogens is 3. The summed E-state index contributed by atoms with van der Waals surface area (Å²) in [5.41, 5.74) is 5.16. The normalized spacial score (nSPS) is 13.8. The van der Waals surface area contributed by atoms with Crippen molar-refractivity contribution in [3.05, 3.63) is 69.2 Å². The van der Waals surface area contributed by atoms with Crippen LogP contribution in [-0.4, -0.2) is 31.5 Å². The third-order valence-corrected chi connectivity index (χ3v) is 6.45. The van der Waals surface area contributed by atoms with E-state index in [0.29, 0.717) is 37.6 Å². The molecule has 7 heteroatoms. The Morgan fingerprint density at radius 3 is 2.58 bits per heavy atom. The van der Waals surface area contributed by atoms with Gasteiger partial charge in [0, 0.05) is 66.2 Å². The predicted octanol–water partition coefficient (Wildman–Crippen LogP) is 4.32. The molecule has 1 amide bonds. The van der Waals surface area contributed by atoms with Crippen molar-refractivity contribution in [1.82, 2.24) is 19.0 Å². The summed E-state index contributed by atoms with van der Waals surface area (Å²) in [7, 11) is 0. The topological polar surface area (TPSA) is 63.0 Å². The molecule has 31 heavy (non-hydrogen) atoms. The lowest BCUT2D eigenvalue weighted by atomic mass is 10.0. The molecule has 0 aliphatic carbocycles. The number of amides is 1. The Bertz CT molecular complexity index is 1350. The molecule has 2 aromatic heterocycles. The Morgan fingerprint density at radius 1 is 1.10 bits per heavy atom. The third-order valence-electron chi connectivity index (χ3n) is 6.21. The van der Waals surface area contributed by atoms with Crippen LogP contribution in [0.25, 0.3) is 21.9 Å². The first-order valence-corrected chi connectivity index (χ1v) is 11.2. The van der Waals surface area contributed by atoms with E-state index >= 15 is 0 Å². The van der Waals surface area contributed by atoms with Gasteiger partial charge in [-0.05, 0) is 36.8 Å². The minimum Gasteiger partial charge on any atom is -0.358 e. The molecule has 5 rings (SSSR count). The van der Waals surface area contributed by atoms with E-state index in [9.17, 15) is 9.59 Å². The van der Waals surface area contributed by atoms with Crippen LogP contribution in [0.1, 0.15) is 31.0 Å². The van der Waals surface area contributed by atoms with Crippen molar-refractivity contribution < 1.29 is 4.79 Å². The molecule has 1 aliphatic rings. The van der Waals surface area contributed by atoms with Gasteiger partial charge in [0.05, 0.1) is 11.0 Å². The van der Waals surface area contributed by atoms with Gasteiger partial charge >= 0.3 is 5.69 Å². The van der Waals surface area contributed by atoms with Crippen LogP contribution in [0.5, 0.6) is 0 Å². The lowest BCUT2D eigenvalue weighted by molar-refractivity contribution is -0.132. The Kier molecular flexibility index (Phi) is 5.10. The van der Waals surface area contributed by atoms with E-state index in [1.54, 1.807) is 4.57 Å². The Balaban J connectivity index is 1.36. The Hall–Kier alpha value is -2.99. The maximum Gasteiger partial charge on any atom is 0.329 e. The SMILES string of the molecule is CCCn1c(=O)n(CCC(=O)N2CCc3[nH]c4ccc(Cl)cc4c3C2)c2ccccc21. The van der Waals surface area contributed by atoms with Crippen LogP contribution in [0.3, 0.4) is 0 Å². The zero-order valence-electron chi connectivity index (χ0n) is 17.5. The molecule has 0 fully saturated rings. The van der Waals surface area contributed by atoms with Gasteiger partial charge in [0.15, 0.2) is 0 Å². The Morgan fingerprint density at radius 2 is 1.84 bits per heavy atom. The molecule has 0 unspecified atom stereocenters. The van der Waals surface area contributed by atoms with Gasteiger partial charge < -0.3 is 9.88 Å². The number of hydrogen-bond acceptors (Lipinski definition) is 2. The standard InChI is InChI=1S/C24H25ClN4O2/c1-2-11-28-21-5-3-4-6-22(21)29(24(28)31)13-10-23(30)27-12-9-20-18(15-27)17-14-16(25)7-8-19(17)26-20/h3-8,14,26H,2,9-13,15H2,1H3. The van der Waals surface area contributed by atoms with E-state index in [2.05, 4.69) is 11.9 Å². The van der Waals surface area contributed by atoms with E-state index in [1.807, 2.05) is 51.9 Å². The smallest absolute Gasteiger partial charge is 0.329 e. The number of hydrogen-bond donors (Lipinski definition) is 1. The predicted molar refractivity (Wildman–Crippen MR) is 124 cm³/mol. The zero-order valence-corrected chi connectivity index (χ0v) is 18.3. The molecule has 0 atom stereocenters. The van der Waals surface area contributed by atoms with Crippen LogP contribution < -0.4 is 5.69 Å². The number of H-pyrrole nitrogens is 1. The molecular weight excluding hydrogens is 412 g/mol. The number of nitrogens with one attached hydrogen (secondary N) is 1. The lowest BCUT2D eigenvalue weighted by Gasteiger charge is -2.27. The maximum absolute atomic E-state index is 13.1. The summed E-state index contributed by atoms with van der Waals surface area (Å²) >= 11 is 6.19. The second kappa shape index (κ2) is 7.93. The zero-order chi connectivity index (χ0) is 21.5. The number of fused-ring (bicyclic) bond motifs is 4. The van der Waals surface area contributed by atoms with Crippen molar-refractivity contribution in [1.29, 1.82) is 0 Å². The monoisotopic (exact) mass is 436 g/mol. The number of para-hydroxylation sites is 2. The number of halogens is 1. The minimum absolute atomic E-state index is 0.0388. The number of aryl methyl sites for hydroxylation is 2. The third kappa shape index (κ3) is 3.45. The van der Waals surface area contributed by atoms with Crippen molar-refractivity contribution >= 4 is 39.4 Å². The molecule has 0 spiro atoms. The summed E-state index contributed by atoms with van der Waals surface area (Å²) in [5, 5.41) is 1.78. The summed E-state index contributed by atoms with van der Waals surface area (Å²) in [5.74, 6) is 0.0706. The first-order chi connectivity index (χ1) is 15.1. The molecule has 1 N–H and O–H groups in total. The highest BCUT2D eigenvalue weighted by Gasteiger charge is 2.24. The van der Waals surface area contributed by atoms with Gasteiger partial charge in [-0.3, -0.25) is 13.9 Å². The largest absolute Gasteiger partial charge is 0.358 e. The molecule has 0 radical (unpaired) electrons. The van der Waals surface area contributed by atoms with E-state index in [4.69, 9.17) is 11.6 Å². The van der Waals surface area contributed by atoms with Crippen LogP contribution in [-0.2, 0) is 30.8 Å². The summed E-state index contributed by atoms with van der Waals surface area (Å²) < 4.78 is 3.55. The molecule has 2 aromatic carbocycles. The average molecular weight is 437 g/mol. The number of carbonyl (C=O) groups excluding carboxylic acids is 1. The summed E-state index contributed by atoms with van der Waals surface area (Å²) in [6.45, 7) is 4.38. The molecule has 0 saturated heterocycles. The number of aromatic amines is 1. The van der Waals surface area contributed by atoms with E-state index in [0.717, 1.165) is 40.3 Å². The number of nitrogens with zero attached hydrogens (tertiary/aromatic N) is 3. The highest BCUT2D eigenvalue weighted by molar-refractivity contribution is 6.31. The maximum atomic E-state index is 13.1. The number of imidazole rings is 1. The summed E-state index contributed by atoms with van der Waals surface area (Å²) in [4.78, 5) is 31.4. The number of carbonyl (C=O) groups is 1. The highest BCUT2D eigenvalue weighted by atomic mass is 35.5. The van der Waals surface area contributed by atoms with Crippen LogP contribution in [0, 0.1) is 0 Å². The molecule has 3 heterocycles. The van der Waals surface area contributed by atoms with E-state index < -0.39 is 0 Å². The van der Waals surface area contributed by atoms with Crippen molar-refractivity contribution in [3.8, 4) is 0 Å². The molecule has 6 nitrogen and oxygen atoms in total. The van der Waals surface area contributed by atoms with Crippen LogP contribution >= 0.6 is 11.6 Å². The van der Waals surface area contributed by atoms with Gasteiger partial charge in [-0.25, -0.2) is 4.79 Å². The average Bonchev–Trinajstić information content (AvgIpc) is 3.27. The van der Waals surface area contributed by atoms with Crippen molar-refractivity contribution in [2.24, 2.45) is 0 Å². The van der Waals surface area contributed by atoms with E-state index in [-0.39, 0.29) is 11.6 Å². The van der Waals surface area contributed by atoms with Crippen LogP contribution in [0.15, 0.2) is 47.3 Å². The second-order valence-corrected chi connectivity index (χ2v) is 8.60. The van der Waals surface area contributed by atoms with Gasteiger partial charge in [0.2, 0.25) is 5.91 Å². The minimum atomic E-state index is -0.0388. The second-order valence-electron chi connectivity index (χ2n) is 8.16. The van der Waals surface area contributed by atoms with Crippen LogP contribution in [0.2, 0.25) is 5.02 Å². The fourth-order valence-electron chi connectivity index (χ4n) is 4.69. The molecular formula is C24H25ClN4O2. The molecule has 160 valence electrons. The van der Waals surface area contributed by atoms with E-state index in [1.165, 1.54) is 5.69 Å². The first-order valence-electron chi connectivity index (χ1n) is 10.8. The fraction of sp³-hybridized carbons (Fsp3) is 0.333. The number of rotatable bonds is 5. The van der Waals surface area contributed by atoms with Crippen LogP contribution in [0.4, 0.5) is 0 Å². The van der Waals surface area contributed by atoms with Crippen molar-refractivity contribution in [2.45, 2.75) is 45.8 Å². The molecule has 0 saturated carbocycles. The Labute approximate surface area is 185 Å². The van der Waals surface area contributed by atoms with Gasteiger partial charge in [0.25, 0.3) is 0 Å². The molecule has 4 aromatic rings. The number of benzene rings is 2. The van der Waals surface area contributed by atoms with Crippen molar-refractivity contribution in [3.63, 3.8) is 0 Å². The van der Waals surface area contributed by atoms with Gasteiger partial charge in [-0.2, -0.15) is 0 Å². The quantitative estimate of drug-likeness (QED) is 0.506. The molecule has 1 aliphatic heterocycles. The highest BCUT2D eigenvalue weighted by Crippen LogP contribution is 2.30. The summed E-state index contributed by atoms with van der Waals surface area (Å²) in [6.07, 6.45) is 1.99.